The molecule has 0 aliphatic heterocycles. The van der Waals surface area contributed by atoms with E-state index in [4.69, 9.17) is 0 Å². The van der Waals surface area contributed by atoms with Crippen molar-refractivity contribution in [2.45, 2.75) is 19.4 Å². The number of hydrogen-bond donors (Lipinski definition) is 1. The minimum Gasteiger partial charge on any atom is -0.468 e. The van der Waals surface area contributed by atoms with Gasteiger partial charge in [0.1, 0.15) is 18.2 Å². The van der Waals surface area contributed by atoms with Crippen molar-refractivity contribution in [2.75, 3.05) is 13.7 Å². The summed E-state index contributed by atoms with van der Waals surface area (Å²) in [7, 11) is 3.27. The highest BCUT2D eigenvalue weighted by Gasteiger charge is 2.11. The predicted octanol–water partition coefficient (Wildman–Crippen LogP) is -0.491. The number of nitrogens with one attached hydrogen (secondary N) is 1. The molecule has 0 radical (unpaired) electrons. The van der Waals surface area contributed by atoms with E-state index in [0.717, 1.165) is 12.2 Å². The molecule has 0 spiro atoms. The third-order valence-electron chi connectivity index (χ3n) is 2.16. The van der Waals surface area contributed by atoms with Crippen LogP contribution in [0.3, 0.4) is 0 Å². The monoisotopic (exact) mass is 212 g/mol. The summed E-state index contributed by atoms with van der Waals surface area (Å²) in [6, 6.07) is -0.289. The van der Waals surface area contributed by atoms with Gasteiger partial charge in [-0.3, -0.25) is 4.79 Å². The molecule has 1 N–H and O–H groups in total. The Balaban J connectivity index is 2.28. The van der Waals surface area contributed by atoms with E-state index in [1.54, 1.807) is 13.3 Å². The largest absolute Gasteiger partial charge is 0.468 e. The van der Waals surface area contributed by atoms with Crippen LogP contribution in [0.4, 0.5) is 0 Å². The van der Waals surface area contributed by atoms with Crippen LogP contribution in [0.1, 0.15) is 12.7 Å². The molecule has 6 heteroatoms. The second-order valence-electron chi connectivity index (χ2n) is 3.31. The second-order valence-corrected chi connectivity index (χ2v) is 3.31. The molecule has 0 saturated carbocycles. The minimum atomic E-state index is -0.289. The summed E-state index contributed by atoms with van der Waals surface area (Å²) in [5, 5.41) is 10.7. The maximum absolute atomic E-state index is 11.1. The average Bonchev–Trinajstić information content (AvgIpc) is 2.63. The van der Waals surface area contributed by atoms with Crippen molar-refractivity contribution in [3.63, 3.8) is 0 Å². The number of esters is 1. The summed E-state index contributed by atoms with van der Waals surface area (Å²) >= 11 is 0. The number of nitrogens with zero attached hydrogens (tertiary/aromatic N) is 3. The molecular weight excluding hydrogens is 196 g/mol. The highest BCUT2D eigenvalue weighted by Crippen LogP contribution is 1.92. The van der Waals surface area contributed by atoms with Crippen molar-refractivity contribution in [2.24, 2.45) is 7.05 Å². The van der Waals surface area contributed by atoms with Gasteiger partial charge in [-0.2, -0.15) is 0 Å². The third kappa shape index (κ3) is 3.32. The first-order chi connectivity index (χ1) is 7.15. The van der Waals surface area contributed by atoms with E-state index >= 15 is 0 Å². The first kappa shape index (κ1) is 11.6. The van der Waals surface area contributed by atoms with Crippen LogP contribution in [0.5, 0.6) is 0 Å². The van der Waals surface area contributed by atoms with E-state index in [2.05, 4.69) is 20.3 Å². The fourth-order valence-electron chi connectivity index (χ4n) is 1.19. The van der Waals surface area contributed by atoms with Gasteiger partial charge in [-0.15, -0.1) is 10.2 Å². The Morgan fingerprint density at radius 2 is 2.47 bits per heavy atom. The first-order valence-electron chi connectivity index (χ1n) is 4.79. The van der Waals surface area contributed by atoms with E-state index in [1.165, 1.54) is 7.11 Å². The standard InChI is InChI=1S/C9H16N4O2/c1-7(9(14)15-3)10-5-4-8-12-11-6-13(8)2/h6-7,10H,4-5H2,1-3H3. The summed E-state index contributed by atoms with van der Waals surface area (Å²) < 4.78 is 6.44. The Morgan fingerprint density at radius 1 is 1.73 bits per heavy atom. The summed E-state index contributed by atoms with van der Waals surface area (Å²) in [6.45, 7) is 2.44. The SMILES string of the molecule is COC(=O)C(C)NCCc1nncn1C. The number of hydrogen-bond acceptors (Lipinski definition) is 5. The number of aromatic nitrogens is 3. The molecule has 0 aliphatic rings. The van der Waals surface area contributed by atoms with Gasteiger partial charge in [-0.05, 0) is 6.92 Å². The highest BCUT2D eigenvalue weighted by atomic mass is 16.5. The molecule has 1 aromatic rings. The number of carbonyl (C=O) groups is 1. The number of carbonyl (C=O) groups excluding carboxylic acids is 1. The van der Waals surface area contributed by atoms with E-state index in [1.807, 2.05) is 11.6 Å². The summed E-state index contributed by atoms with van der Waals surface area (Å²) in [4.78, 5) is 11.1. The van der Waals surface area contributed by atoms with Crippen molar-refractivity contribution in [3.8, 4) is 0 Å². The smallest absolute Gasteiger partial charge is 0.322 e. The zero-order chi connectivity index (χ0) is 11.3. The Labute approximate surface area is 88.6 Å². The van der Waals surface area contributed by atoms with Gasteiger partial charge in [-0.1, -0.05) is 0 Å². The molecule has 1 rings (SSSR count). The van der Waals surface area contributed by atoms with Crippen LogP contribution in [-0.4, -0.2) is 40.4 Å². The van der Waals surface area contributed by atoms with Crippen LogP contribution in [0, 0.1) is 0 Å². The van der Waals surface area contributed by atoms with Crippen molar-refractivity contribution in [1.29, 1.82) is 0 Å². The van der Waals surface area contributed by atoms with Gasteiger partial charge >= 0.3 is 5.97 Å². The fourth-order valence-corrected chi connectivity index (χ4v) is 1.19. The van der Waals surface area contributed by atoms with Gasteiger partial charge < -0.3 is 14.6 Å². The van der Waals surface area contributed by atoms with Crippen molar-refractivity contribution >= 4 is 5.97 Å². The molecule has 15 heavy (non-hydrogen) atoms. The Hall–Kier alpha value is -1.43. The Morgan fingerprint density at radius 3 is 3.00 bits per heavy atom. The predicted molar refractivity (Wildman–Crippen MR) is 54.2 cm³/mol. The molecule has 6 nitrogen and oxygen atoms in total. The average molecular weight is 212 g/mol. The van der Waals surface area contributed by atoms with E-state index in [-0.39, 0.29) is 12.0 Å². The topological polar surface area (TPSA) is 69.0 Å². The third-order valence-corrected chi connectivity index (χ3v) is 2.16. The molecule has 1 heterocycles. The van der Waals surface area contributed by atoms with E-state index < -0.39 is 0 Å². The molecule has 0 fully saturated rings. The number of aryl methyl sites for hydroxylation is 1. The van der Waals surface area contributed by atoms with Crippen LogP contribution in [0.25, 0.3) is 0 Å². The van der Waals surface area contributed by atoms with Gasteiger partial charge in [0, 0.05) is 20.0 Å². The lowest BCUT2D eigenvalue weighted by atomic mass is 10.3. The van der Waals surface area contributed by atoms with Gasteiger partial charge in [0.25, 0.3) is 0 Å². The molecule has 0 saturated heterocycles. The molecule has 1 unspecified atom stereocenters. The van der Waals surface area contributed by atoms with Crippen LogP contribution < -0.4 is 5.32 Å². The number of rotatable bonds is 5. The minimum absolute atomic E-state index is 0.257. The van der Waals surface area contributed by atoms with Crippen molar-refractivity contribution in [3.05, 3.63) is 12.2 Å². The lowest BCUT2D eigenvalue weighted by molar-refractivity contribution is -0.142. The lowest BCUT2D eigenvalue weighted by Gasteiger charge is -2.10. The van der Waals surface area contributed by atoms with Crippen molar-refractivity contribution in [1.82, 2.24) is 20.1 Å². The van der Waals surface area contributed by atoms with Crippen LogP contribution in [0.15, 0.2) is 6.33 Å². The second kappa shape index (κ2) is 5.45. The molecule has 1 atom stereocenters. The van der Waals surface area contributed by atoms with E-state index in [0.29, 0.717) is 6.54 Å². The lowest BCUT2D eigenvalue weighted by Crippen LogP contribution is -2.36. The summed E-state index contributed by atoms with van der Waals surface area (Å²) in [5.74, 6) is 0.632. The first-order valence-corrected chi connectivity index (χ1v) is 4.79. The summed E-state index contributed by atoms with van der Waals surface area (Å²) in [6.07, 6.45) is 2.39. The Kier molecular flexibility index (Phi) is 4.23. The van der Waals surface area contributed by atoms with E-state index in [9.17, 15) is 4.79 Å². The summed E-state index contributed by atoms with van der Waals surface area (Å²) in [5.41, 5.74) is 0. The zero-order valence-electron chi connectivity index (χ0n) is 9.23. The molecule has 84 valence electrons. The molecule has 0 aliphatic carbocycles. The van der Waals surface area contributed by atoms with Gasteiger partial charge in [0.05, 0.1) is 7.11 Å². The van der Waals surface area contributed by atoms with Crippen LogP contribution >= 0.6 is 0 Å². The normalized spacial score (nSPS) is 12.5. The number of ether oxygens (including phenoxy) is 1. The van der Waals surface area contributed by atoms with Crippen LogP contribution in [-0.2, 0) is 23.0 Å². The van der Waals surface area contributed by atoms with Gasteiger partial charge in [-0.25, -0.2) is 0 Å². The molecule has 0 bridgehead atoms. The maximum atomic E-state index is 11.1. The van der Waals surface area contributed by atoms with Crippen LogP contribution in [0.2, 0.25) is 0 Å². The zero-order valence-corrected chi connectivity index (χ0v) is 9.23. The van der Waals surface area contributed by atoms with Crippen molar-refractivity contribution < 1.29 is 9.53 Å². The molecule has 0 amide bonds. The Bertz CT molecular complexity index is 324. The molecule has 0 aromatic carbocycles. The molecule has 1 aromatic heterocycles. The van der Waals surface area contributed by atoms with Gasteiger partial charge in [0.15, 0.2) is 0 Å². The number of methoxy groups -OCH3 is 1. The molecular formula is C9H16N4O2. The maximum Gasteiger partial charge on any atom is 0.322 e. The van der Waals surface area contributed by atoms with Gasteiger partial charge in [0.2, 0.25) is 0 Å². The fraction of sp³-hybridized carbons (Fsp3) is 0.667. The quantitative estimate of drug-likeness (QED) is 0.667. The highest BCUT2D eigenvalue weighted by molar-refractivity contribution is 5.75.